The summed E-state index contributed by atoms with van der Waals surface area (Å²) in [6.07, 6.45) is 3.28. The molecule has 0 aliphatic heterocycles. The van der Waals surface area contributed by atoms with Crippen LogP contribution in [0.3, 0.4) is 0 Å². The van der Waals surface area contributed by atoms with Crippen molar-refractivity contribution in [2.24, 2.45) is 22.2 Å². The van der Waals surface area contributed by atoms with Crippen LogP contribution in [0.15, 0.2) is 47.5 Å². The molecular weight excluding hydrogens is 594 g/mol. The normalized spacial score (nSPS) is 15.0. The van der Waals surface area contributed by atoms with Crippen LogP contribution in [-0.4, -0.2) is 75.7 Å². The third-order valence-corrected chi connectivity index (χ3v) is 8.17. The average Bonchev–Trinajstić information content (AvgIpc) is 2.95. The van der Waals surface area contributed by atoms with E-state index in [1.54, 1.807) is 19.1 Å². The molecule has 248 valence electrons. The fourth-order valence-electron chi connectivity index (χ4n) is 5.07. The number of amides is 3. The number of aliphatic imine (C=N–C) groups is 1. The fraction of sp³-hybridized carbons (Fsp3) is 0.500. The van der Waals surface area contributed by atoms with Gasteiger partial charge >= 0.3 is 0 Å². The summed E-state index contributed by atoms with van der Waals surface area (Å²) >= 11 is 0. The summed E-state index contributed by atoms with van der Waals surface area (Å²) in [7, 11) is -1.23. The van der Waals surface area contributed by atoms with E-state index in [0.29, 0.717) is 25.8 Å². The molecule has 0 aliphatic rings. The van der Waals surface area contributed by atoms with Crippen LogP contribution in [-0.2, 0) is 38.0 Å². The number of benzene rings is 2. The number of phenols is 1. The summed E-state index contributed by atoms with van der Waals surface area (Å²) in [6.45, 7) is 5.72. The molecule has 0 radical (unpaired) electrons. The summed E-state index contributed by atoms with van der Waals surface area (Å²) in [6, 6.07) is 9.92. The average molecular weight is 644 g/mol. The number of amidine groups is 1. The molecule has 0 aromatic heterocycles. The molecule has 45 heavy (non-hydrogen) atoms. The van der Waals surface area contributed by atoms with Crippen molar-refractivity contribution in [3.05, 3.63) is 64.7 Å². The molecule has 0 bridgehead atoms. The number of aromatic hydroxyl groups is 1. The third-order valence-electron chi connectivity index (χ3n) is 7.36. The second-order valence-corrected chi connectivity index (χ2v) is 12.9. The summed E-state index contributed by atoms with van der Waals surface area (Å²) < 4.78 is 12.0. The van der Waals surface area contributed by atoms with Gasteiger partial charge in [-0.05, 0) is 81.0 Å². The number of rotatable bonds is 19. The summed E-state index contributed by atoms with van der Waals surface area (Å²) in [4.78, 5) is 44.1. The highest BCUT2D eigenvalue weighted by Gasteiger charge is 2.29. The summed E-state index contributed by atoms with van der Waals surface area (Å²) in [5.41, 5.74) is 20.5. The number of nitrogens with two attached hydrogens (primary N) is 3. The molecule has 1 unspecified atom stereocenters. The smallest absolute Gasteiger partial charge is 0.245 e. The molecule has 12 nitrogen and oxygen atoms in total. The maximum atomic E-state index is 13.8. The molecule has 13 heteroatoms. The van der Waals surface area contributed by atoms with Gasteiger partial charge in [0.1, 0.15) is 17.8 Å². The largest absolute Gasteiger partial charge is 0.508 e. The molecule has 0 saturated heterocycles. The minimum absolute atomic E-state index is 0.101. The van der Waals surface area contributed by atoms with Crippen molar-refractivity contribution in [1.82, 2.24) is 16.0 Å². The van der Waals surface area contributed by atoms with Crippen LogP contribution < -0.4 is 33.2 Å². The number of primary amides is 1. The van der Waals surface area contributed by atoms with E-state index in [1.807, 2.05) is 44.2 Å². The van der Waals surface area contributed by atoms with Crippen LogP contribution in [0.2, 0.25) is 0 Å². The quantitative estimate of drug-likeness (QED) is 0.0502. The highest BCUT2D eigenvalue weighted by atomic mass is 32.2. The maximum Gasteiger partial charge on any atom is 0.245 e. The van der Waals surface area contributed by atoms with E-state index in [2.05, 4.69) is 20.9 Å². The molecule has 2 rings (SSSR count). The van der Waals surface area contributed by atoms with Crippen LogP contribution in [0, 0.1) is 13.8 Å². The Labute approximate surface area is 268 Å². The lowest BCUT2D eigenvalue weighted by Gasteiger charge is -2.28. The molecule has 3 amide bonds. The Morgan fingerprint density at radius 2 is 1.58 bits per heavy atom. The van der Waals surface area contributed by atoms with Gasteiger partial charge in [0.15, 0.2) is 0 Å². The van der Waals surface area contributed by atoms with E-state index in [9.17, 15) is 23.7 Å². The second kappa shape index (κ2) is 18.9. The van der Waals surface area contributed by atoms with Crippen LogP contribution in [0.5, 0.6) is 5.75 Å². The zero-order chi connectivity index (χ0) is 33.5. The van der Waals surface area contributed by atoms with Gasteiger partial charge in [-0.15, -0.1) is 0 Å². The standard InChI is InChI=1S/C32H49N7O5S/c1-20-16-24(40)17-21(2)25(20)19-28(36-22(3)34)32(43)38-27(13-15-45(4)44)31(42)39-29(18-23-10-6-5-7-11-23)37-26(30(35)41)12-8-9-14-33/h5-7,10-11,16-17,26-29,37,40H,8-9,12-15,18-19,33H2,1-4H3,(H2,34,36)(H2,35,41)(H,38,43)(H,39,42)/t26-,27+,28-,29-,45?/m0/s1. The first-order chi connectivity index (χ1) is 21.3. The molecule has 10 N–H and O–H groups in total. The lowest BCUT2D eigenvalue weighted by molar-refractivity contribution is -0.130. The van der Waals surface area contributed by atoms with Gasteiger partial charge in [-0.25, -0.2) is 0 Å². The number of hydrogen-bond donors (Lipinski definition) is 7. The molecular formula is C32H49N7O5S. The van der Waals surface area contributed by atoms with Crippen LogP contribution >= 0.6 is 0 Å². The molecule has 0 fully saturated rings. The topological polar surface area (TPSA) is 215 Å². The lowest BCUT2D eigenvalue weighted by Crippen LogP contribution is -2.59. The Kier molecular flexibility index (Phi) is 15.7. The van der Waals surface area contributed by atoms with Gasteiger partial charge in [0, 0.05) is 35.6 Å². The monoisotopic (exact) mass is 643 g/mol. The molecule has 0 saturated carbocycles. The van der Waals surface area contributed by atoms with E-state index >= 15 is 0 Å². The second-order valence-electron chi connectivity index (χ2n) is 11.3. The van der Waals surface area contributed by atoms with Gasteiger partial charge in [0.2, 0.25) is 17.7 Å². The highest BCUT2D eigenvalue weighted by Crippen LogP contribution is 2.23. The van der Waals surface area contributed by atoms with Crippen molar-refractivity contribution in [2.75, 3.05) is 18.6 Å². The SMILES string of the molecule is CC(N)=N[C@@H](Cc1c(C)cc(O)cc1C)C(=O)N[C@H](CCS(C)=O)C(=O)N[C@@H](Cc1ccccc1)N[C@@H](CCCCN)C(N)=O. The number of carbonyl (C=O) groups is 3. The first kappa shape index (κ1) is 37.4. The number of hydrogen-bond acceptors (Lipinski definition) is 8. The van der Waals surface area contributed by atoms with Crippen LogP contribution in [0.25, 0.3) is 0 Å². The van der Waals surface area contributed by atoms with Gasteiger partial charge in [-0.1, -0.05) is 36.8 Å². The lowest BCUT2D eigenvalue weighted by atomic mass is 9.95. The van der Waals surface area contributed by atoms with Crippen molar-refractivity contribution < 1.29 is 23.7 Å². The van der Waals surface area contributed by atoms with E-state index in [1.165, 1.54) is 6.26 Å². The van der Waals surface area contributed by atoms with Gasteiger partial charge in [-0.2, -0.15) is 0 Å². The van der Waals surface area contributed by atoms with E-state index in [-0.39, 0.29) is 30.2 Å². The molecule has 5 atom stereocenters. The minimum atomic E-state index is -1.23. The molecule has 0 aliphatic carbocycles. The number of unbranched alkanes of at least 4 members (excludes halogenated alkanes) is 1. The first-order valence-electron chi connectivity index (χ1n) is 15.1. The molecule has 2 aromatic carbocycles. The Hall–Kier alpha value is -3.81. The number of nitrogens with one attached hydrogen (secondary N) is 3. The number of carbonyl (C=O) groups excluding carboxylic acids is 3. The maximum absolute atomic E-state index is 13.8. The number of phenolic OH excluding ortho intramolecular Hbond substituents is 1. The van der Waals surface area contributed by atoms with Crippen molar-refractivity contribution in [3.8, 4) is 5.75 Å². The Morgan fingerprint density at radius 1 is 0.933 bits per heavy atom. The van der Waals surface area contributed by atoms with Gasteiger partial charge in [0.25, 0.3) is 0 Å². The zero-order valence-electron chi connectivity index (χ0n) is 26.7. The van der Waals surface area contributed by atoms with Crippen molar-refractivity contribution in [1.29, 1.82) is 0 Å². The minimum Gasteiger partial charge on any atom is -0.508 e. The predicted octanol–water partition coefficient (Wildman–Crippen LogP) is 0.808. The Balaban J connectivity index is 2.34. The Bertz CT molecular complexity index is 1310. The number of nitrogens with zero attached hydrogens (tertiary/aromatic N) is 1. The first-order valence-corrected chi connectivity index (χ1v) is 16.8. The van der Waals surface area contributed by atoms with Crippen LogP contribution in [0.1, 0.15) is 54.9 Å². The highest BCUT2D eigenvalue weighted by molar-refractivity contribution is 7.84. The predicted molar refractivity (Wildman–Crippen MR) is 179 cm³/mol. The fourth-order valence-corrected chi connectivity index (χ4v) is 5.63. The van der Waals surface area contributed by atoms with Gasteiger partial charge in [0.05, 0.1) is 18.0 Å². The van der Waals surface area contributed by atoms with Gasteiger partial charge in [-0.3, -0.25) is 28.9 Å². The molecule has 0 heterocycles. The zero-order valence-corrected chi connectivity index (χ0v) is 27.5. The molecule has 0 spiro atoms. The van der Waals surface area contributed by atoms with E-state index in [0.717, 1.165) is 28.7 Å². The third kappa shape index (κ3) is 13.4. The van der Waals surface area contributed by atoms with E-state index in [4.69, 9.17) is 17.2 Å². The summed E-state index contributed by atoms with van der Waals surface area (Å²) in [5.74, 6) is -1.12. The van der Waals surface area contributed by atoms with Crippen molar-refractivity contribution in [3.63, 3.8) is 0 Å². The molecule has 2 aromatic rings. The van der Waals surface area contributed by atoms with Crippen LogP contribution in [0.4, 0.5) is 0 Å². The van der Waals surface area contributed by atoms with Crippen molar-refractivity contribution >= 4 is 34.4 Å². The van der Waals surface area contributed by atoms with Gasteiger partial charge < -0.3 is 32.9 Å². The van der Waals surface area contributed by atoms with Crippen molar-refractivity contribution in [2.45, 2.75) is 83.6 Å². The number of aryl methyl sites for hydroxylation is 2. The Morgan fingerprint density at radius 3 is 2.13 bits per heavy atom. The van der Waals surface area contributed by atoms with E-state index < -0.39 is 52.8 Å². The summed E-state index contributed by atoms with van der Waals surface area (Å²) in [5, 5.41) is 18.9.